The zero-order chi connectivity index (χ0) is 22.5. The first kappa shape index (κ1) is 21.1. The number of carbonyl (C=O) groups excluding carboxylic acids is 2. The van der Waals surface area contributed by atoms with Crippen LogP contribution in [0, 0.1) is 0 Å². The van der Waals surface area contributed by atoms with Gasteiger partial charge in [-0.2, -0.15) is 0 Å². The average molecular weight is 425 g/mol. The smallest absolute Gasteiger partial charge is 0.338 e. The summed E-state index contributed by atoms with van der Waals surface area (Å²) in [4.78, 5) is 27.0. The van der Waals surface area contributed by atoms with Gasteiger partial charge in [-0.15, -0.1) is 0 Å². The highest BCUT2D eigenvalue weighted by Gasteiger charge is 2.30. The molecule has 0 aliphatic carbocycles. The fourth-order valence-corrected chi connectivity index (χ4v) is 3.53. The number of anilines is 1. The van der Waals surface area contributed by atoms with E-state index in [0.717, 1.165) is 28.3 Å². The molecule has 1 aliphatic rings. The molecule has 1 amide bonds. The van der Waals surface area contributed by atoms with Crippen molar-refractivity contribution in [2.24, 2.45) is 0 Å². The van der Waals surface area contributed by atoms with Gasteiger partial charge in [-0.1, -0.05) is 42.5 Å². The Bertz CT molecular complexity index is 1180. The van der Waals surface area contributed by atoms with Gasteiger partial charge in [-0.25, -0.2) is 4.79 Å². The summed E-state index contributed by atoms with van der Waals surface area (Å²) in [7, 11) is 1.61. The minimum Gasteiger partial charge on any atom is -0.497 e. The monoisotopic (exact) mass is 425 g/mol. The molecule has 5 nitrogen and oxygen atoms in total. The maximum absolute atomic E-state index is 13.4. The zero-order valence-corrected chi connectivity index (χ0v) is 17.9. The highest BCUT2D eigenvalue weighted by Crippen LogP contribution is 2.35. The van der Waals surface area contributed by atoms with Crippen LogP contribution in [-0.2, 0) is 9.53 Å². The molecule has 4 rings (SSSR count). The Balaban J connectivity index is 1.70. The number of esters is 1. The van der Waals surface area contributed by atoms with Crippen LogP contribution in [0.25, 0.3) is 11.8 Å². The van der Waals surface area contributed by atoms with Gasteiger partial charge in [0.15, 0.2) is 0 Å². The van der Waals surface area contributed by atoms with Crippen molar-refractivity contribution in [2.45, 2.75) is 6.92 Å². The summed E-state index contributed by atoms with van der Waals surface area (Å²) in [6.45, 7) is 2.10. The lowest BCUT2D eigenvalue weighted by atomic mass is 10.1. The van der Waals surface area contributed by atoms with Crippen LogP contribution >= 0.6 is 0 Å². The molecule has 0 spiro atoms. The quantitative estimate of drug-likeness (QED) is 0.395. The molecule has 0 aromatic heterocycles. The van der Waals surface area contributed by atoms with Gasteiger partial charge >= 0.3 is 5.97 Å². The van der Waals surface area contributed by atoms with Crippen molar-refractivity contribution < 1.29 is 19.1 Å². The van der Waals surface area contributed by atoms with Crippen molar-refractivity contribution in [3.05, 3.63) is 107 Å². The van der Waals surface area contributed by atoms with Gasteiger partial charge in [-0.3, -0.25) is 9.69 Å². The second-order valence-electron chi connectivity index (χ2n) is 7.18. The second kappa shape index (κ2) is 9.35. The number of amides is 1. The van der Waals surface area contributed by atoms with Crippen LogP contribution < -0.4 is 9.64 Å². The predicted molar refractivity (Wildman–Crippen MR) is 125 cm³/mol. The zero-order valence-electron chi connectivity index (χ0n) is 17.9. The molecule has 3 aromatic carbocycles. The number of nitrogens with zero attached hydrogens (tertiary/aromatic N) is 1. The number of benzene rings is 3. The van der Waals surface area contributed by atoms with E-state index in [2.05, 4.69) is 0 Å². The Morgan fingerprint density at radius 1 is 0.938 bits per heavy atom. The lowest BCUT2D eigenvalue weighted by Gasteiger charge is -2.21. The van der Waals surface area contributed by atoms with E-state index >= 15 is 0 Å². The first-order valence-electron chi connectivity index (χ1n) is 10.3. The summed E-state index contributed by atoms with van der Waals surface area (Å²) in [6.07, 6.45) is 3.71. The Morgan fingerprint density at radius 3 is 2.25 bits per heavy atom. The Hall–Kier alpha value is -4.12. The number of hydrogen-bond donors (Lipinski definition) is 0. The fraction of sp³-hybridized carbons (Fsp3) is 0.111. The maximum Gasteiger partial charge on any atom is 0.338 e. The minimum absolute atomic E-state index is 0.122. The Morgan fingerprint density at radius 2 is 1.62 bits per heavy atom. The molecule has 1 heterocycles. The molecule has 32 heavy (non-hydrogen) atoms. The number of ether oxygens (including phenoxy) is 2. The molecule has 0 saturated heterocycles. The van der Waals surface area contributed by atoms with E-state index in [1.807, 2.05) is 66.7 Å². The fourth-order valence-electron chi connectivity index (χ4n) is 3.53. The summed E-state index contributed by atoms with van der Waals surface area (Å²) in [5, 5.41) is 0. The van der Waals surface area contributed by atoms with E-state index in [1.54, 1.807) is 43.2 Å². The van der Waals surface area contributed by atoms with E-state index < -0.39 is 0 Å². The van der Waals surface area contributed by atoms with Crippen molar-refractivity contribution in [3.8, 4) is 5.75 Å². The van der Waals surface area contributed by atoms with Crippen LogP contribution in [0.3, 0.4) is 0 Å². The van der Waals surface area contributed by atoms with Crippen LogP contribution in [0.4, 0.5) is 5.69 Å². The normalized spacial score (nSPS) is 14.4. The molecule has 0 unspecified atom stereocenters. The van der Waals surface area contributed by atoms with Crippen LogP contribution in [-0.4, -0.2) is 25.6 Å². The van der Waals surface area contributed by atoms with E-state index in [4.69, 9.17) is 9.47 Å². The standard InChI is InChI=1S/C27H23NO4/c1-3-32-27(30)21-11-9-19(10-12-21)17-22-18-25(20-7-5-4-6-8-20)28(26(22)29)23-13-15-24(31-2)16-14-23/h4-18H,3H2,1-2H3. The van der Waals surface area contributed by atoms with Gasteiger partial charge in [0.2, 0.25) is 0 Å². The van der Waals surface area contributed by atoms with Crippen molar-refractivity contribution >= 4 is 29.3 Å². The van der Waals surface area contributed by atoms with Crippen molar-refractivity contribution in [3.63, 3.8) is 0 Å². The summed E-state index contributed by atoms with van der Waals surface area (Å²) in [5.74, 6) is 0.243. The molecule has 3 aromatic rings. The maximum atomic E-state index is 13.4. The minimum atomic E-state index is -0.361. The molecule has 0 bridgehead atoms. The molecule has 0 N–H and O–H groups in total. The van der Waals surface area contributed by atoms with E-state index in [0.29, 0.717) is 17.7 Å². The van der Waals surface area contributed by atoms with E-state index in [-0.39, 0.29) is 11.9 Å². The summed E-state index contributed by atoms with van der Waals surface area (Å²) in [6, 6.07) is 24.2. The third-order valence-corrected chi connectivity index (χ3v) is 5.13. The van der Waals surface area contributed by atoms with Crippen molar-refractivity contribution in [2.75, 3.05) is 18.6 Å². The number of rotatable bonds is 6. The predicted octanol–water partition coefficient (Wildman–Crippen LogP) is 5.34. The van der Waals surface area contributed by atoms with Gasteiger partial charge in [0.25, 0.3) is 5.91 Å². The first-order chi connectivity index (χ1) is 15.6. The molecule has 0 fully saturated rings. The molecule has 1 aliphatic heterocycles. The first-order valence-corrected chi connectivity index (χ1v) is 10.3. The van der Waals surface area contributed by atoms with Gasteiger partial charge in [0, 0.05) is 11.3 Å². The summed E-state index contributed by atoms with van der Waals surface area (Å²) >= 11 is 0. The van der Waals surface area contributed by atoms with Gasteiger partial charge in [0.05, 0.1) is 25.0 Å². The Kier molecular flexibility index (Phi) is 6.17. The van der Waals surface area contributed by atoms with Crippen LogP contribution in [0.5, 0.6) is 5.75 Å². The number of carbonyl (C=O) groups is 2. The molecular weight excluding hydrogens is 402 g/mol. The van der Waals surface area contributed by atoms with Crippen LogP contribution in [0.1, 0.15) is 28.4 Å². The molecule has 160 valence electrons. The molecule has 5 heteroatoms. The molecule has 0 saturated carbocycles. The number of methoxy groups -OCH3 is 1. The third-order valence-electron chi connectivity index (χ3n) is 5.13. The summed E-state index contributed by atoms with van der Waals surface area (Å²) < 4.78 is 10.3. The van der Waals surface area contributed by atoms with Gasteiger partial charge < -0.3 is 9.47 Å². The average Bonchev–Trinajstić information content (AvgIpc) is 3.16. The van der Waals surface area contributed by atoms with Crippen LogP contribution in [0.15, 0.2) is 90.5 Å². The van der Waals surface area contributed by atoms with E-state index in [9.17, 15) is 9.59 Å². The molecular formula is C27H23NO4. The summed E-state index contributed by atoms with van der Waals surface area (Å²) in [5.41, 5.74) is 4.36. The lowest BCUT2D eigenvalue weighted by molar-refractivity contribution is -0.113. The lowest BCUT2D eigenvalue weighted by Crippen LogP contribution is -2.24. The molecule has 0 radical (unpaired) electrons. The van der Waals surface area contributed by atoms with Gasteiger partial charge in [-0.05, 0) is 66.6 Å². The topological polar surface area (TPSA) is 55.8 Å². The Labute approximate surface area is 187 Å². The third kappa shape index (κ3) is 4.32. The van der Waals surface area contributed by atoms with Crippen molar-refractivity contribution in [1.82, 2.24) is 0 Å². The van der Waals surface area contributed by atoms with Crippen LogP contribution in [0.2, 0.25) is 0 Å². The van der Waals surface area contributed by atoms with Crippen molar-refractivity contribution in [1.29, 1.82) is 0 Å². The highest BCUT2D eigenvalue weighted by atomic mass is 16.5. The van der Waals surface area contributed by atoms with Gasteiger partial charge in [0.1, 0.15) is 5.75 Å². The molecule has 0 atom stereocenters. The largest absolute Gasteiger partial charge is 0.497 e. The highest BCUT2D eigenvalue weighted by molar-refractivity contribution is 6.23. The van der Waals surface area contributed by atoms with E-state index in [1.165, 1.54) is 0 Å². The number of hydrogen-bond acceptors (Lipinski definition) is 4. The second-order valence-corrected chi connectivity index (χ2v) is 7.18. The SMILES string of the molecule is CCOC(=O)c1ccc(C=C2C=C(c3ccccc3)N(c3ccc(OC)cc3)C2=O)cc1.